The summed E-state index contributed by atoms with van der Waals surface area (Å²) in [7, 11) is 0. The number of hydrogen-bond acceptors (Lipinski definition) is 4. The van der Waals surface area contributed by atoms with Gasteiger partial charge in [-0.15, -0.1) is 0 Å². The third-order valence-electron chi connectivity index (χ3n) is 4.37. The summed E-state index contributed by atoms with van der Waals surface area (Å²) in [6, 6.07) is 0. The lowest BCUT2D eigenvalue weighted by Crippen LogP contribution is -2.53. The van der Waals surface area contributed by atoms with Gasteiger partial charge in [0.05, 0.1) is 0 Å². The molecule has 0 unspecified atom stereocenters. The maximum absolute atomic E-state index is 3.44. The summed E-state index contributed by atoms with van der Waals surface area (Å²) in [5.41, 5.74) is 0.343. The van der Waals surface area contributed by atoms with Crippen LogP contribution >= 0.6 is 11.8 Å². The molecular formula is C15H31N3S. The molecule has 0 aromatic heterocycles. The van der Waals surface area contributed by atoms with Crippen molar-refractivity contribution >= 4 is 11.8 Å². The summed E-state index contributed by atoms with van der Waals surface area (Å²) in [6.45, 7) is 15.7. The average molecular weight is 286 g/mol. The van der Waals surface area contributed by atoms with E-state index < -0.39 is 0 Å². The van der Waals surface area contributed by atoms with Crippen LogP contribution in [0.25, 0.3) is 0 Å². The Kier molecular flexibility index (Phi) is 6.00. The molecule has 2 fully saturated rings. The van der Waals surface area contributed by atoms with E-state index in [0.717, 1.165) is 5.25 Å². The number of piperidine rings is 1. The highest BCUT2D eigenvalue weighted by Crippen LogP contribution is 2.21. The molecule has 1 N–H and O–H groups in total. The van der Waals surface area contributed by atoms with Crippen molar-refractivity contribution in [2.75, 3.05) is 51.6 Å². The Hall–Kier alpha value is 0.230. The Bertz CT molecular complexity index is 251. The second-order valence-electron chi connectivity index (χ2n) is 6.82. The van der Waals surface area contributed by atoms with Crippen molar-refractivity contribution in [1.29, 1.82) is 0 Å². The molecule has 0 amide bonds. The van der Waals surface area contributed by atoms with E-state index in [9.17, 15) is 0 Å². The average Bonchev–Trinajstić information content (AvgIpc) is 2.39. The van der Waals surface area contributed by atoms with Crippen molar-refractivity contribution in [3.05, 3.63) is 0 Å². The molecule has 0 aliphatic carbocycles. The van der Waals surface area contributed by atoms with Gasteiger partial charge in [0, 0.05) is 49.3 Å². The van der Waals surface area contributed by atoms with Gasteiger partial charge in [0.15, 0.2) is 0 Å². The highest BCUT2D eigenvalue weighted by atomic mass is 32.2. The van der Waals surface area contributed by atoms with Crippen LogP contribution in [0.1, 0.15) is 33.6 Å². The highest BCUT2D eigenvalue weighted by molar-refractivity contribution is 7.99. The molecule has 112 valence electrons. The lowest BCUT2D eigenvalue weighted by atomic mass is 10.1. The minimum absolute atomic E-state index is 0.343. The Balaban J connectivity index is 1.58. The molecule has 0 aromatic rings. The number of nitrogens with zero attached hydrogens (tertiary/aromatic N) is 2. The van der Waals surface area contributed by atoms with E-state index in [0.29, 0.717) is 5.54 Å². The zero-order chi connectivity index (χ0) is 13.7. The van der Waals surface area contributed by atoms with Gasteiger partial charge in [0.25, 0.3) is 0 Å². The van der Waals surface area contributed by atoms with Crippen LogP contribution in [0, 0.1) is 0 Å². The molecule has 0 bridgehead atoms. The zero-order valence-corrected chi connectivity index (χ0v) is 13.8. The third kappa shape index (κ3) is 5.25. The first-order valence-corrected chi connectivity index (χ1v) is 8.90. The maximum Gasteiger partial charge on any atom is 0.0126 e. The van der Waals surface area contributed by atoms with E-state index in [1.165, 1.54) is 64.4 Å². The fraction of sp³-hybridized carbons (Fsp3) is 1.00. The lowest BCUT2D eigenvalue weighted by Gasteiger charge is -2.42. The quantitative estimate of drug-likeness (QED) is 0.850. The van der Waals surface area contributed by atoms with E-state index in [1.807, 2.05) is 0 Å². The zero-order valence-electron chi connectivity index (χ0n) is 13.0. The highest BCUT2D eigenvalue weighted by Gasteiger charge is 2.25. The van der Waals surface area contributed by atoms with Gasteiger partial charge in [-0.05, 0) is 46.7 Å². The summed E-state index contributed by atoms with van der Waals surface area (Å²) in [4.78, 5) is 5.26. The van der Waals surface area contributed by atoms with E-state index in [2.05, 4.69) is 47.6 Å². The molecule has 3 nitrogen and oxygen atoms in total. The van der Waals surface area contributed by atoms with Crippen LogP contribution in [-0.2, 0) is 0 Å². The van der Waals surface area contributed by atoms with Gasteiger partial charge in [-0.2, -0.15) is 11.8 Å². The van der Waals surface area contributed by atoms with Crippen molar-refractivity contribution < 1.29 is 0 Å². The van der Waals surface area contributed by atoms with Gasteiger partial charge >= 0.3 is 0 Å². The first kappa shape index (κ1) is 15.6. The fourth-order valence-corrected chi connectivity index (χ4v) is 4.22. The smallest absolute Gasteiger partial charge is 0.0126 e. The summed E-state index contributed by atoms with van der Waals surface area (Å²) in [6.07, 6.45) is 2.73. The molecule has 0 spiro atoms. The molecule has 4 heteroatoms. The van der Waals surface area contributed by atoms with Gasteiger partial charge < -0.3 is 5.32 Å². The topological polar surface area (TPSA) is 18.5 Å². The van der Waals surface area contributed by atoms with Crippen LogP contribution < -0.4 is 5.32 Å². The van der Waals surface area contributed by atoms with Crippen molar-refractivity contribution in [2.45, 2.75) is 44.4 Å². The number of rotatable bonds is 4. The third-order valence-corrected chi connectivity index (χ3v) is 5.73. The van der Waals surface area contributed by atoms with Gasteiger partial charge in [-0.1, -0.05) is 0 Å². The lowest BCUT2D eigenvalue weighted by molar-refractivity contribution is 0.0652. The number of piperazine rings is 1. The van der Waals surface area contributed by atoms with Gasteiger partial charge in [-0.3, -0.25) is 9.80 Å². The number of nitrogens with one attached hydrogen (secondary N) is 1. The Morgan fingerprint density at radius 2 is 1.68 bits per heavy atom. The van der Waals surface area contributed by atoms with Crippen LogP contribution in [0.5, 0.6) is 0 Å². The van der Waals surface area contributed by atoms with Crippen LogP contribution in [0.3, 0.4) is 0 Å². The molecule has 0 atom stereocenters. The normalized spacial score (nSPS) is 24.8. The van der Waals surface area contributed by atoms with Gasteiger partial charge in [0.1, 0.15) is 0 Å². The van der Waals surface area contributed by atoms with E-state index in [-0.39, 0.29) is 0 Å². The minimum Gasteiger partial charge on any atom is -0.317 e. The van der Waals surface area contributed by atoms with Crippen molar-refractivity contribution in [3.63, 3.8) is 0 Å². The number of hydrogen-bond donors (Lipinski definition) is 1. The van der Waals surface area contributed by atoms with Crippen molar-refractivity contribution in [2.24, 2.45) is 0 Å². The fourth-order valence-electron chi connectivity index (χ4n) is 2.95. The summed E-state index contributed by atoms with van der Waals surface area (Å²) in [5.74, 6) is 1.32. The number of thioether (sulfide) groups is 1. The first-order chi connectivity index (χ1) is 9.05. The summed E-state index contributed by atoms with van der Waals surface area (Å²) < 4.78 is 0. The molecule has 0 radical (unpaired) electrons. The van der Waals surface area contributed by atoms with Gasteiger partial charge in [0.2, 0.25) is 0 Å². The second-order valence-corrected chi connectivity index (χ2v) is 8.23. The Labute approximate surface area is 123 Å². The predicted molar refractivity (Wildman–Crippen MR) is 86.1 cm³/mol. The molecule has 2 heterocycles. The molecule has 2 rings (SSSR count). The molecule has 2 saturated heterocycles. The molecule has 2 aliphatic rings. The summed E-state index contributed by atoms with van der Waals surface area (Å²) >= 11 is 2.20. The maximum atomic E-state index is 3.44. The molecule has 2 aliphatic heterocycles. The molecule has 0 saturated carbocycles. The van der Waals surface area contributed by atoms with E-state index >= 15 is 0 Å². The second kappa shape index (κ2) is 7.30. The van der Waals surface area contributed by atoms with Crippen molar-refractivity contribution in [1.82, 2.24) is 15.1 Å². The molecule has 19 heavy (non-hydrogen) atoms. The summed E-state index contributed by atoms with van der Waals surface area (Å²) in [5, 5.41) is 4.36. The van der Waals surface area contributed by atoms with Crippen molar-refractivity contribution in [3.8, 4) is 0 Å². The van der Waals surface area contributed by atoms with Crippen LogP contribution in [-0.4, -0.2) is 72.2 Å². The Morgan fingerprint density at radius 3 is 2.26 bits per heavy atom. The predicted octanol–water partition coefficient (Wildman–Crippen LogP) is 1.89. The van der Waals surface area contributed by atoms with Crippen LogP contribution in [0.4, 0.5) is 0 Å². The minimum atomic E-state index is 0.343. The standard InChI is InChI=1S/C15H31N3S/c1-15(2,3)18-10-8-17(9-11-18)12-13-19-14-4-6-16-7-5-14/h14,16H,4-13H2,1-3H3. The molecule has 0 aromatic carbocycles. The largest absolute Gasteiger partial charge is 0.317 e. The Morgan fingerprint density at radius 1 is 1.05 bits per heavy atom. The monoisotopic (exact) mass is 285 g/mol. The van der Waals surface area contributed by atoms with Crippen LogP contribution in [0.2, 0.25) is 0 Å². The van der Waals surface area contributed by atoms with Gasteiger partial charge in [-0.25, -0.2) is 0 Å². The van der Waals surface area contributed by atoms with Crippen LogP contribution in [0.15, 0.2) is 0 Å². The molecular weight excluding hydrogens is 254 g/mol. The van der Waals surface area contributed by atoms with E-state index in [1.54, 1.807) is 0 Å². The SMILES string of the molecule is CC(C)(C)N1CCN(CCSC2CCNCC2)CC1. The first-order valence-electron chi connectivity index (χ1n) is 7.85. The van der Waals surface area contributed by atoms with E-state index in [4.69, 9.17) is 0 Å².